The number of aliphatic hydroxyl groups is 1. The third kappa shape index (κ3) is 4.50. The Hall–Kier alpha value is -2.53. The average molecular weight is 286 g/mol. The molecular formula is C16H18N2O3. The maximum atomic E-state index is 11.7. The number of para-hydroxylation sites is 2. The monoisotopic (exact) mass is 286 g/mol. The number of hydrogen-bond acceptors (Lipinski definition) is 4. The first-order chi connectivity index (χ1) is 10.2. The van der Waals surface area contributed by atoms with Crippen LogP contribution in [0.25, 0.3) is 0 Å². The van der Waals surface area contributed by atoms with Gasteiger partial charge in [-0.05, 0) is 17.7 Å². The standard InChI is InChI=1S/C16H18N2O3/c17-13-8-4-5-9-15(13)21-11-16(20)18-10-14(19)12-6-2-1-3-7-12/h1-9,14,19H,10-11,17H2,(H,18,20). The number of hydrogen-bond donors (Lipinski definition) is 3. The fourth-order valence-corrected chi connectivity index (χ4v) is 1.81. The van der Waals surface area contributed by atoms with Crippen LogP contribution >= 0.6 is 0 Å². The van der Waals surface area contributed by atoms with E-state index in [0.717, 1.165) is 5.56 Å². The van der Waals surface area contributed by atoms with Gasteiger partial charge in [-0.3, -0.25) is 4.79 Å². The predicted octanol–water partition coefficient (Wildman–Crippen LogP) is 1.50. The van der Waals surface area contributed by atoms with Gasteiger partial charge in [0.05, 0.1) is 11.8 Å². The Morgan fingerprint density at radius 2 is 1.81 bits per heavy atom. The molecule has 0 heterocycles. The first kappa shape index (κ1) is 14.9. The summed E-state index contributed by atoms with van der Waals surface area (Å²) in [5, 5.41) is 12.5. The molecule has 2 rings (SSSR count). The number of nitrogens with two attached hydrogens (primary N) is 1. The summed E-state index contributed by atoms with van der Waals surface area (Å²) >= 11 is 0. The highest BCUT2D eigenvalue weighted by Crippen LogP contribution is 2.19. The van der Waals surface area contributed by atoms with Crippen LogP contribution in [-0.4, -0.2) is 24.2 Å². The minimum atomic E-state index is -0.739. The second kappa shape index (κ2) is 7.31. The summed E-state index contributed by atoms with van der Waals surface area (Å²) in [4.78, 5) is 11.7. The molecule has 110 valence electrons. The summed E-state index contributed by atoms with van der Waals surface area (Å²) in [6.07, 6.45) is -0.739. The molecule has 0 fully saturated rings. The number of aliphatic hydroxyl groups excluding tert-OH is 1. The number of anilines is 1. The Balaban J connectivity index is 1.76. The van der Waals surface area contributed by atoms with Gasteiger partial charge in [0.1, 0.15) is 5.75 Å². The van der Waals surface area contributed by atoms with Crippen LogP contribution in [0.5, 0.6) is 5.75 Å². The molecule has 1 atom stereocenters. The molecule has 2 aromatic carbocycles. The van der Waals surface area contributed by atoms with E-state index in [1.54, 1.807) is 36.4 Å². The predicted molar refractivity (Wildman–Crippen MR) is 80.8 cm³/mol. The van der Waals surface area contributed by atoms with Crippen molar-refractivity contribution < 1.29 is 14.6 Å². The molecule has 1 amide bonds. The zero-order valence-corrected chi connectivity index (χ0v) is 11.5. The van der Waals surface area contributed by atoms with E-state index in [9.17, 15) is 9.90 Å². The Morgan fingerprint density at radius 3 is 2.52 bits per heavy atom. The van der Waals surface area contributed by atoms with Crippen LogP contribution in [0.2, 0.25) is 0 Å². The molecule has 5 nitrogen and oxygen atoms in total. The maximum absolute atomic E-state index is 11.7. The molecule has 0 aliphatic heterocycles. The average Bonchev–Trinajstić information content (AvgIpc) is 2.52. The molecule has 0 aromatic heterocycles. The molecule has 4 N–H and O–H groups in total. The van der Waals surface area contributed by atoms with Gasteiger partial charge in [-0.2, -0.15) is 0 Å². The molecule has 0 bridgehead atoms. The molecule has 0 saturated heterocycles. The van der Waals surface area contributed by atoms with Gasteiger partial charge < -0.3 is 20.9 Å². The Bertz CT molecular complexity index is 587. The van der Waals surface area contributed by atoms with Crippen LogP contribution in [0.15, 0.2) is 54.6 Å². The van der Waals surface area contributed by atoms with E-state index in [2.05, 4.69) is 5.32 Å². The van der Waals surface area contributed by atoms with E-state index in [0.29, 0.717) is 11.4 Å². The van der Waals surface area contributed by atoms with E-state index >= 15 is 0 Å². The van der Waals surface area contributed by atoms with Gasteiger partial charge in [-0.25, -0.2) is 0 Å². The fourth-order valence-electron chi connectivity index (χ4n) is 1.81. The largest absolute Gasteiger partial charge is 0.482 e. The molecule has 0 saturated carbocycles. The normalized spacial score (nSPS) is 11.7. The minimum Gasteiger partial charge on any atom is -0.482 e. The molecule has 1 unspecified atom stereocenters. The number of ether oxygens (including phenoxy) is 1. The summed E-state index contributed by atoms with van der Waals surface area (Å²) in [6.45, 7) is -0.00774. The van der Waals surface area contributed by atoms with Crippen LogP contribution in [-0.2, 0) is 4.79 Å². The maximum Gasteiger partial charge on any atom is 0.258 e. The molecule has 0 aliphatic rings. The quantitative estimate of drug-likeness (QED) is 0.703. The molecule has 2 aromatic rings. The van der Waals surface area contributed by atoms with Crippen LogP contribution in [0, 0.1) is 0 Å². The van der Waals surface area contributed by atoms with E-state index in [4.69, 9.17) is 10.5 Å². The Labute approximate surface area is 123 Å². The topological polar surface area (TPSA) is 84.6 Å². The second-order valence-corrected chi connectivity index (χ2v) is 4.56. The highest BCUT2D eigenvalue weighted by molar-refractivity contribution is 5.77. The second-order valence-electron chi connectivity index (χ2n) is 4.56. The first-order valence-electron chi connectivity index (χ1n) is 6.64. The lowest BCUT2D eigenvalue weighted by Gasteiger charge is -2.13. The Morgan fingerprint density at radius 1 is 1.14 bits per heavy atom. The minimum absolute atomic E-state index is 0.135. The van der Waals surface area contributed by atoms with Crippen molar-refractivity contribution >= 4 is 11.6 Å². The third-order valence-electron chi connectivity index (χ3n) is 2.95. The summed E-state index contributed by atoms with van der Waals surface area (Å²) < 4.78 is 5.32. The zero-order chi connectivity index (χ0) is 15.1. The fraction of sp³-hybridized carbons (Fsp3) is 0.188. The molecule has 5 heteroatoms. The van der Waals surface area contributed by atoms with Crippen molar-refractivity contribution in [3.8, 4) is 5.75 Å². The van der Waals surface area contributed by atoms with Crippen LogP contribution < -0.4 is 15.8 Å². The molecule has 21 heavy (non-hydrogen) atoms. The number of nitrogen functional groups attached to an aromatic ring is 1. The first-order valence-corrected chi connectivity index (χ1v) is 6.64. The van der Waals surface area contributed by atoms with Gasteiger partial charge in [0.15, 0.2) is 6.61 Å². The van der Waals surface area contributed by atoms with Crippen molar-refractivity contribution in [2.45, 2.75) is 6.10 Å². The van der Waals surface area contributed by atoms with Gasteiger partial charge in [0.2, 0.25) is 0 Å². The van der Waals surface area contributed by atoms with Gasteiger partial charge in [0, 0.05) is 6.54 Å². The number of benzene rings is 2. The summed E-state index contributed by atoms with van der Waals surface area (Å²) in [6, 6.07) is 16.1. The van der Waals surface area contributed by atoms with E-state index in [1.807, 2.05) is 18.2 Å². The van der Waals surface area contributed by atoms with Crippen LogP contribution in [0.3, 0.4) is 0 Å². The van der Waals surface area contributed by atoms with Gasteiger partial charge in [-0.1, -0.05) is 42.5 Å². The summed E-state index contributed by atoms with van der Waals surface area (Å²) in [7, 11) is 0. The van der Waals surface area contributed by atoms with Crippen molar-refractivity contribution in [1.82, 2.24) is 5.32 Å². The van der Waals surface area contributed by atoms with E-state index in [1.165, 1.54) is 0 Å². The lowest BCUT2D eigenvalue weighted by Crippen LogP contribution is -2.32. The summed E-state index contributed by atoms with van der Waals surface area (Å²) in [5.41, 5.74) is 6.94. The third-order valence-corrected chi connectivity index (χ3v) is 2.95. The number of carbonyl (C=O) groups is 1. The van der Waals surface area contributed by atoms with Crippen molar-refractivity contribution in [2.75, 3.05) is 18.9 Å². The van der Waals surface area contributed by atoms with E-state index in [-0.39, 0.29) is 19.1 Å². The smallest absolute Gasteiger partial charge is 0.258 e. The lowest BCUT2D eigenvalue weighted by atomic mass is 10.1. The number of amides is 1. The number of rotatable bonds is 6. The van der Waals surface area contributed by atoms with Gasteiger partial charge in [-0.15, -0.1) is 0 Å². The highest BCUT2D eigenvalue weighted by Gasteiger charge is 2.10. The van der Waals surface area contributed by atoms with Crippen molar-refractivity contribution in [1.29, 1.82) is 0 Å². The van der Waals surface area contributed by atoms with E-state index < -0.39 is 6.10 Å². The molecule has 0 spiro atoms. The number of carbonyl (C=O) groups excluding carboxylic acids is 1. The molecule has 0 radical (unpaired) electrons. The SMILES string of the molecule is Nc1ccccc1OCC(=O)NCC(O)c1ccccc1. The number of nitrogens with one attached hydrogen (secondary N) is 1. The summed E-state index contributed by atoms with van der Waals surface area (Å²) in [5.74, 6) is 0.157. The van der Waals surface area contributed by atoms with Crippen LogP contribution in [0.1, 0.15) is 11.7 Å². The highest BCUT2D eigenvalue weighted by atomic mass is 16.5. The van der Waals surface area contributed by atoms with Crippen molar-refractivity contribution in [3.63, 3.8) is 0 Å². The van der Waals surface area contributed by atoms with Crippen molar-refractivity contribution in [3.05, 3.63) is 60.2 Å². The van der Waals surface area contributed by atoms with Gasteiger partial charge in [0.25, 0.3) is 5.91 Å². The van der Waals surface area contributed by atoms with Crippen molar-refractivity contribution in [2.24, 2.45) is 0 Å². The zero-order valence-electron chi connectivity index (χ0n) is 11.5. The Kier molecular flexibility index (Phi) is 5.17. The molecule has 0 aliphatic carbocycles. The van der Waals surface area contributed by atoms with Gasteiger partial charge >= 0.3 is 0 Å². The molecular weight excluding hydrogens is 268 g/mol. The van der Waals surface area contributed by atoms with Crippen LogP contribution in [0.4, 0.5) is 5.69 Å². The lowest BCUT2D eigenvalue weighted by molar-refractivity contribution is -0.123.